The first-order chi connectivity index (χ1) is 8.35. The van der Waals surface area contributed by atoms with E-state index in [-0.39, 0.29) is 0 Å². The van der Waals surface area contributed by atoms with Crippen molar-refractivity contribution in [3.63, 3.8) is 0 Å². The van der Waals surface area contributed by atoms with Crippen LogP contribution in [0, 0.1) is 0 Å². The summed E-state index contributed by atoms with van der Waals surface area (Å²) in [6.45, 7) is 4.80. The summed E-state index contributed by atoms with van der Waals surface area (Å²) in [5, 5.41) is 0. The number of aldehydes is 1. The molecule has 0 fully saturated rings. The zero-order chi connectivity index (χ0) is 12.8. The van der Waals surface area contributed by atoms with Crippen molar-refractivity contribution in [3.8, 4) is 0 Å². The lowest BCUT2D eigenvalue weighted by Crippen LogP contribution is -1.89. The average Bonchev–Trinajstić information content (AvgIpc) is 2.36. The second-order valence-corrected chi connectivity index (χ2v) is 4.49. The van der Waals surface area contributed by atoms with Crippen LogP contribution < -0.4 is 0 Å². The lowest BCUT2D eigenvalue weighted by Gasteiger charge is -2.02. The number of rotatable bonds is 12. The minimum atomic E-state index is 0.634. The van der Waals surface area contributed by atoms with E-state index >= 15 is 0 Å². The summed E-state index contributed by atoms with van der Waals surface area (Å²) in [6, 6.07) is 0. The fraction of sp³-hybridized carbons (Fsp3) is 0.800. The molecule has 0 rings (SSSR count). The summed E-state index contributed by atoms with van der Waals surface area (Å²) in [5.41, 5.74) is 0.790. The van der Waals surface area contributed by atoms with Crippen molar-refractivity contribution in [1.29, 1.82) is 0 Å². The molecule has 0 unspecified atom stereocenters. The van der Waals surface area contributed by atoms with Crippen LogP contribution in [0.15, 0.2) is 11.8 Å². The number of carbonyl (C=O) groups excluding carboxylic acids is 1. The quantitative estimate of drug-likeness (QED) is 0.215. The van der Waals surface area contributed by atoms with Crippen LogP contribution in [0.5, 0.6) is 0 Å². The Morgan fingerprint density at radius 2 is 1.53 bits per heavy atom. The smallest absolute Gasteiger partial charge is 0.149 e. The van der Waals surface area contributed by atoms with Gasteiger partial charge in [-0.2, -0.15) is 0 Å². The summed E-state index contributed by atoms with van der Waals surface area (Å²) < 4.78 is 5.12. The van der Waals surface area contributed by atoms with Gasteiger partial charge < -0.3 is 4.74 Å². The molecule has 0 saturated carbocycles. The Bertz CT molecular complexity index is 197. The second kappa shape index (κ2) is 13.3. The molecule has 0 spiro atoms. The van der Waals surface area contributed by atoms with Gasteiger partial charge in [-0.15, -0.1) is 0 Å². The average molecular weight is 240 g/mol. The van der Waals surface area contributed by atoms with Crippen LogP contribution in [0.3, 0.4) is 0 Å². The molecule has 0 aromatic heterocycles. The van der Waals surface area contributed by atoms with Gasteiger partial charge in [0.2, 0.25) is 0 Å². The van der Waals surface area contributed by atoms with Gasteiger partial charge in [0.15, 0.2) is 0 Å². The molecule has 0 aromatic carbocycles. The molecule has 2 nitrogen and oxygen atoms in total. The molecule has 0 aliphatic rings. The maximum atomic E-state index is 10.7. The van der Waals surface area contributed by atoms with Crippen LogP contribution in [-0.2, 0) is 9.53 Å². The molecule has 0 aliphatic heterocycles. The van der Waals surface area contributed by atoms with Crippen LogP contribution in [0.2, 0.25) is 0 Å². The first-order valence-electron chi connectivity index (χ1n) is 7.11. The third-order valence-electron chi connectivity index (χ3n) is 2.87. The van der Waals surface area contributed by atoms with Crippen molar-refractivity contribution >= 4 is 6.29 Å². The predicted octanol–water partition coefficient (Wildman–Crippen LogP) is 4.64. The monoisotopic (exact) mass is 240 g/mol. The molecule has 0 aromatic rings. The largest absolute Gasteiger partial charge is 0.501 e. The van der Waals surface area contributed by atoms with Crippen molar-refractivity contribution in [2.45, 2.75) is 71.6 Å². The molecule has 0 saturated heterocycles. The summed E-state index contributed by atoms with van der Waals surface area (Å²) >= 11 is 0. The lowest BCUT2D eigenvalue weighted by molar-refractivity contribution is -0.105. The molecule has 100 valence electrons. The minimum Gasteiger partial charge on any atom is -0.501 e. The Hall–Kier alpha value is -0.790. The highest BCUT2D eigenvalue weighted by molar-refractivity contribution is 5.72. The molecular weight excluding hydrogens is 212 g/mol. The molecular formula is C15H28O2. The van der Waals surface area contributed by atoms with Crippen molar-refractivity contribution in [1.82, 2.24) is 0 Å². The van der Waals surface area contributed by atoms with Crippen molar-refractivity contribution in [3.05, 3.63) is 11.8 Å². The van der Waals surface area contributed by atoms with E-state index in [4.69, 9.17) is 4.74 Å². The van der Waals surface area contributed by atoms with Crippen LogP contribution >= 0.6 is 0 Å². The van der Waals surface area contributed by atoms with E-state index in [9.17, 15) is 4.79 Å². The topological polar surface area (TPSA) is 26.3 Å². The molecule has 0 atom stereocenters. The first kappa shape index (κ1) is 16.2. The van der Waals surface area contributed by atoms with Crippen LogP contribution in [0.1, 0.15) is 71.6 Å². The summed E-state index contributed by atoms with van der Waals surface area (Å²) in [6.07, 6.45) is 13.8. The molecule has 0 bridgehead atoms. The molecule has 0 heterocycles. The van der Waals surface area contributed by atoms with E-state index in [1.54, 1.807) is 6.26 Å². The van der Waals surface area contributed by atoms with Crippen molar-refractivity contribution < 1.29 is 9.53 Å². The maximum absolute atomic E-state index is 10.7. The Morgan fingerprint density at radius 3 is 2.06 bits per heavy atom. The van der Waals surface area contributed by atoms with Gasteiger partial charge in [-0.25, -0.2) is 0 Å². The number of hydrogen-bond acceptors (Lipinski definition) is 2. The van der Waals surface area contributed by atoms with Gasteiger partial charge in [0, 0.05) is 5.57 Å². The third kappa shape index (κ3) is 11.5. The van der Waals surface area contributed by atoms with E-state index in [0.29, 0.717) is 6.61 Å². The van der Waals surface area contributed by atoms with Gasteiger partial charge in [-0.1, -0.05) is 51.9 Å². The molecule has 0 aliphatic carbocycles. The fourth-order valence-electron chi connectivity index (χ4n) is 1.80. The molecule has 0 amide bonds. The van der Waals surface area contributed by atoms with Crippen LogP contribution in [0.4, 0.5) is 0 Å². The fourth-order valence-corrected chi connectivity index (χ4v) is 1.80. The van der Waals surface area contributed by atoms with Crippen LogP contribution in [-0.4, -0.2) is 12.9 Å². The standard InChI is InChI=1S/C15H28O2/c1-3-5-6-7-8-9-10-11-12-15(13-16)14-17-4-2/h13-14H,3-12H2,1-2H3/b15-14-. The summed E-state index contributed by atoms with van der Waals surface area (Å²) in [5.74, 6) is 0. The second-order valence-electron chi connectivity index (χ2n) is 4.49. The Labute approximate surface area is 106 Å². The van der Waals surface area contributed by atoms with Gasteiger partial charge in [0.05, 0.1) is 12.9 Å². The highest BCUT2D eigenvalue weighted by Crippen LogP contribution is 2.12. The Morgan fingerprint density at radius 1 is 0.941 bits per heavy atom. The van der Waals surface area contributed by atoms with Gasteiger partial charge in [-0.05, 0) is 19.8 Å². The van der Waals surface area contributed by atoms with E-state index < -0.39 is 0 Å². The third-order valence-corrected chi connectivity index (χ3v) is 2.87. The van der Waals surface area contributed by atoms with Gasteiger partial charge in [0.25, 0.3) is 0 Å². The SMILES string of the molecule is CCCCCCCCCC/C(C=O)=C/OCC. The normalized spacial score (nSPS) is 11.5. The molecule has 17 heavy (non-hydrogen) atoms. The minimum absolute atomic E-state index is 0.634. The molecule has 2 heteroatoms. The van der Waals surface area contributed by atoms with E-state index in [1.807, 2.05) is 6.92 Å². The number of unbranched alkanes of at least 4 members (excludes halogenated alkanes) is 7. The molecule has 0 radical (unpaired) electrons. The van der Waals surface area contributed by atoms with E-state index in [2.05, 4.69) is 6.92 Å². The summed E-state index contributed by atoms with van der Waals surface area (Å²) in [7, 11) is 0. The molecule has 0 N–H and O–H groups in total. The van der Waals surface area contributed by atoms with Gasteiger partial charge in [0.1, 0.15) is 6.29 Å². The first-order valence-corrected chi connectivity index (χ1v) is 7.11. The zero-order valence-electron chi connectivity index (χ0n) is 11.5. The van der Waals surface area contributed by atoms with Crippen LogP contribution in [0.25, 0.3) is 0 Å². The Balaban J connectivity index is 3.34. The van der Waals surface area contributed by atoms with E-state index in [1.165, 1.54) is 44.9 Å². The highest BCUT2D eigenvalue weighted by Gasteiger charge is 1.97. The Kier molecular flexibility index (Phi) is 12.7. The number of carbonyl (C=O) groups is 1. The number of ether oxygens (including phenoxy) is 1. The van der Waals surface area contributed by atoms with Crippen molar-refractivity contribution in [2.75, 3.05) is 6.61 Å². The van der Waals surface area contributed by atoms with E-state index in [0.717, 1.165) is 24.7 Å². The predicted molar refractivity (Wildman–Crippen MR) is 73.0 cm³/mol. The van der Waals surface area contributed by atoms with Gasteiger partial charge >= 0.3 is 0 Å². The summed E-state index contributed by atoms with van der Waals surface area (Å²) in [4.78, 5) is 10.7. The van der Waals surface area contributed by atoms with Crippen molar-refractivity contribution in [2.24, 2.45) is 0 Å². The maximum Gasteiger partial charge on any atom is 0.149 e. The lowest BCUT2D eigenvalue weighted by atomic mass is 10.1. The van der Waals surface area contributed by atoms with Gasteiger partial charge in [-0.3, -0.25) is 4.79 Å². The number of allylic oxidation sites excluding steroid dienone is 1. The number of hydrogen-bond donors (Lipinski definition) is 0. The highest BCUT2D eigenvalue weighted by atomic mass is 16.5. The zero-order valence-corrected chi connectivity index (χ0v) is 11.5.